The topological polar surface area (TPSA) is 98.9 Å². The first-order valence-electron chi connectivity index (χ1n) is 9.41. The van der Waals surface area contributed by atoms with E-state index >= 15 is 0 Å². The molecule has 0 spiro atoms. The Morgan fingerprint density at radius 3 is 1.92 bits per heavy atom. The summed E-state index contributed by atoms with van der Waals surface area (Å²) in [6.07, 6.45) is 13.7. The van der Waals surface area contributed by atoms with Crippen LogP contribution in [0.1, 0.15) is 90.4 Å². The van der Waals surface area contributed by atoms with Crippen molar-refractivity contribution >= 4 is 13.8 Å². The Morgan fingerprint density at radius 1 is 0.917 bits per heavy atom. The largest absolute Gasteiger partial charge is 0.529 e. The van der Waals surface area contributed by atoms with E-state index in [4.69, 9.17) is 5.73 Å². The van der Waals surface area contributed by atoms with Gasteiger partial charge in [0.1, 0.15) is 0 Å². The summed E-state index contributed by atoms with van der Waals surface area (Å²) in [4.78, 5) is 20.8. The summed E-state index contributed by atoms with van der Waals surface area (Å²) >= 11 is 0. The van der Waals surface area contributed by atoms with Gasteiger partial charge in [0.05, 0.1) is 6.61 Å². The van der Waals surface area contributed by atoms with Crippen LogP contribution < -0.4 is 5.73 Å². The summed E-state index contributed by atoms with van der Waals surface area (Å²) in [5.41, 5.74) is 5.25. The number of phosphoric ester groups is 1. The molecule has 0 bridgehead atoms. The summed E-state index contributed by atoms with van der Waals surface area (Å²) in [5, 5.41) is 0. The fourth-order valence-electron chi connectivity index (χ4n) is 2.40. The van der Waals surface area contributed by atoms with E-state index in [9.17, 15) is 14.3 Å². The Labute approximate surface area is 147 Å². The van der Waals surface area contributed by atoms with E-state index in [0.29, 0.717) is 19.4 Å². The first-order valence-corrected chi connectivity index (χ1v) is 10.9. The smallest absolute Gasteiger partial charge is 0.371 e. The fourth-order valence-corrected chi connectivity index (χ4v) is 3.16. The van der Waals surface area contributed by atoms with Crippen LogP contribution in [0.5, 0.6) is 0 Å². The third kappa shape index (κ3) is 16.4. The average molecular weight is 365 g/mol. The molecule has 0 rings (SSSR count). The maximum Gasteiger partial charge on any atom is 0.529 e. The quantitative estimate of drug-likeness (QED) is 0.286. The van der Waals surface area contributed by atoms with Crippen LogP contribution in [-0.4, -0.2) is 24.0 Å². The Morgan fingerprint density at radius 2 is 1.42 bits per heavy atom. The Bertz CT molecular complexity index is 352. The summed E-state index contributed by atoms with van der Waals surface area (Å²) in [6, 6.07) is 0. The zero-order valence-electron chi connectivity index (χ0n) is 15.2. The number of nitrogens with two attached hydrogens (primary N) is 1. The molecule has 0 aromatic carbocycles. The van der Waals surface area contributed by atoms with Gasteiger partial charge in [-0.15, -0.1) is 0 Å². The SMILES string of the molecule is CCCCCCCCCCCCCC(=O)OP(=O)(O)OCCCN. The van der Waals surface area contributed by atoms with Crippen molar-refractivity contribution in [3.8, 4) is 0 Å². The highest BCUT2D eigenvalue weighted by Gasteiger charge is 2.25. The van der Waals surface area contributed by atoms with E-state index in [1.807, 2.05) is 0 Å². The van der Waals surface area contributed by atoms with Crippen molar-refractivity contribution in [1.29, 1.82) is 0 Å². The first-order chi connectivity index (χ1) is 11.5. The van der Waals surface area contributed by atoms with Crippen molar-refractivity contribution in [3.05, 3.63) is 0 Å². The van der Waals surface area contributed by atoms with Gasteiger partial charge in [-0.3, -0.25) is 14.2 Å². The molecule has 3 N–H and O–H groups in total. The van der Waals surface area contributed by atoms with Gasteiger partial charge in [0.15, 0.2) is 0 Å². The first kappa shape index (κ1) is 23.6. The zero-order valence-corrected chi connectivity index (χ0v) is 16.1. The van der Waals surface area contributed by atoms with Crippen molar-refractivity contribution in [2.45, 2.75) is 90.4 Å². The number of carbonyl (C=O) groups is 1. The van der Waals surface area contributed by atoms with Crippen LogP contribution in [0.15, 0.2) is 0 Å². The lowest BCUT2D eigenvalue weighted by Crippen LogP contribution is -2.07. The molecule has 0 fully saturated rings. The second-order valence-electron chi connectivity index (χ2n) is 6.19. The van der Waals surface area contributed by atoms with Crippen molar-refractivity contribution in [3.63, 3.8) is 0 Å². The molecule has 7 heteroatoms. The van der Waals surface area contributed by atoms with Gasteiger partial charge >= 0.3 is 13.8 Å². The third-order valence-corrected chi connectivity index (χ3v) is 4.75. The Balaban J connectivity index is 3.44. The van der Waals surface area contributed by atoms with E-state index in [1.54, 1.807) is 0 Å². The van der Waals surface area contributed by atoms with Crippen molar-refractivity contribution in [2.24, 2.45) is 5.73 Å². The second-order valence-corrected chi connectivity index (χ2v) is 7.57. The lowest BCUT2D eigenvalue weighted by atomic mass is 10.1. The highest BCUT2D eigenvalue weighted by atomic mass is 31.2. The van der Waals surface area contributed by atoms with Gasteiger partial charge in [0.25, 0.3) is 0 Å². The third-order valence-electron chi connectivity index (χ3n) is 3.80. The minimum absolute atomic E-state index is 0.00992. The van der Waals surface area contributed by atoms with Crippen molar-refractivity contribution in [1.82, 2.24) is 0 Å². The molecule has 24 heavy (non-hydrogen) atoms. The summed E-state index contributed by atoms with van der Waals surface area (Å²) in [7, 11) is -4.27. The minimum Gasteiger partial charge on any atom is -0.371 e. The highest BCUT2D eigenvalue weighted by Crippen LogP contribution is 2.43. The van der Waals surface area contributed by atoms with Gasteiger partial charge < -0.3 is 10.3 Å². The maximum atomic E-state index is 11.5. The number of phosphoric acid groups is 1. The van der Waals surface area contributed by atoms with Crippen LogP contribution in [0.3, 0.4) is 0 Å². The highest BCUT2D eigenvalue weighted by molar-refractivity contribution is 7.48. The number of unbranched alkanes of at least 4 members (excludes halogenated alkanes) is 10. The molecule has 0 saturated carbocycles. The summed E-state index contributed by atoms with van der Waals surface area (Å²) < 4.78 is 20.6. The molecule has 0 aliphatic rings. The molecule has 0 radical (unpaired) electrons. The van der Waals surface area contributed by atoms with Gasteiger partial charge in [-0.1, -0.05) is 71.1 Å². The van der Waals surface area contributed by atoms with E-state index in [-0.39, 0.29) is 13.0 Å². The lowest BCUT2D eigenvalue weighted by Gasteiger charge is -2.11. The number of rotatable bonds is 17. The zero-order chi connectivity index (χ0) is 18.1. The molecule has 0 aliphatic carbocycles. The number of carbonyl (C=O) groups excluding carboxylic acids is 1. The molecule has 0 amide bonds. The molecule has 0 aromatic heterocycles. The predicted molar refractivity (Wildman–Crippen MR) is 96.6 cm³/mol. The molecule has 0 aromatic rings. The van der Waals surface area contributed by atoms with Gasteiger partial charge in [0, 0.05) is 6.42 Å². The van der Waals surface area contributed by atoms with E-state index < -0.39 is 13.8 Å². The number of hydrogen-bond acceptors (Lipinski definition) is 5. The van der Waals surface area contributed by atoms with Crippen LogP contribution in [0.4, 0.5) is 0 Å². The average Bonchev–Trinajstić information content (AvgIpc) is 2.52. The Hall–Kier alpha value is -0.420. The van der Waals surface area contributed by atoms with E-state index in [1.165, 1.54) is 51.4 Å². The van der Waals surface area contributed by atoms with Gasteiger partial charge in [0.2, 0.25) is 0 Å². The van der Waals surface area contributed by atoms with Crippen molar-refractivity contribution < 1.29 is 23.3 Å². The van der Waals surface area contributed by atoms with Crippen LogP contribution in [0.2, 0.25) is 0 Å². The second kappa shape index (κ2) is 16.1. The molecule has 0 saturated heterocycles. The van der Waals surface area contributed by atoms with E-state index in [0.717, 1.165) is 12.8 Å². The van der Waals surface area contributed by atoms with Gasteiger partial charge in [-0.25, -0.2) is 4.57 Å². The fraction of sp³-hybridized carbons (Fsp3) is 0.941. The van der Waals surface area contributed by atoms with Crippen LogP contribution in [-0.2, 0) is 18.4 Å². The van der Waals surface area contributed by atoms with Crippen molar-refractivity contribution in [2.75, 3.05) is 13.2 Å². The summed E-state index contributed by atoms with van der Waals surface area (Å²) in [5.74, 6) is -0.676. The van der Waals surface area contributed by atoms with Crippen LogP contribution in [0, 0.1) is 0 Å². The predicted octanol–water partition coefficient (Wildman–Crippen LogP) is 4.70. The monoisotopic (exact) mass is 365 g/mol. The van der Waals surface area contributed by atoms with Crippen LogP contribution in [0.25, 0.3) is 0 Å². The molecule has 0 aliphatic heterocycles. The van der Waals surface area contributed by atoms with Gasteiger partial charge in [-0.05, 0) is 19.4 Å². The minimum atomic E-state index is -4.27. The standard InChI is InChI=1S/C17H36NO5P/c1-2-3-4-5-6-7-8-9-10-11-12-14-17(19)23-24(20,21)22-16-13-15-18/h2-16,18H2,1H3,(H,20,21). The molecular weight excluding hydrogens is 329 g/mol. The molecule has 1 unspecified atom stereocenters. The molecule has 144 valence electrons. The summed E-state index contributed by atoms with van der Waals surface area (Å²) in [6.45, 7) is 2.59. The van der Waals surface area contributed by atoms with Crippen LogP contribution >= 0.6 is 7.82 Å². The molecule has 1 atom stereocenters. The number of hydrogen-bond donors (Lipinski definition) is 2. The lowest BCUT2D eigenvalue weighted by molar-refractivity contribution is -0.136. The van der Waals surface area contributed by atoms with E-state index in [2.05, 4.69) is 16.0 Å². The molecule has 0 heterocycles. The Kier molecular flexibility index (Phi) is 15.8. The maximum absolute atomic E-state index is 11.5. The molecule has 6 nitrogen and oxygen atoms in total. The normalized spacial score (nSPS) is 13.6. The molecular formula is C17H36NO5P. The van der Waals surface area contributed by atoms with Gasteiger partial charge in [-0.2, -0.15) is 0 Å².